The SMILES string of the molecule is O=C(CSCc1cccs1)N[C@H](Cc1cnc[nH]1)C(=O)O. The van der Waals surface area contributed by atoms with E-state index in [1.54, 1.807) is 17.5 Å². The van der Waals surface area contributed by atoms with Crippen LogP contribution < -0.4 is 5.32 Å². The van der Waals surface area contributed by atoms with Gasteiger partial charge in [0.1, 0.15) is 6.04 Å². The fraction of sp³-hybridized carbons (Fsp3) is 0.308. The van der Waals surface area contributed by atoms with Crippen LogP contribution in [-0.2, 0) is 21.8 Å². The molecule has 0 aromatic carbocycles. The van der Waals surface area contributed by atoms with Crippen LogP contribution in [0.25, 0.3) is 0 Å². The zero-order valence-electron chi connectivity index (χ0n) is 11.1. The van der Waals surface area contributed by atoms with Crippen molar-refractivity contribution in [3.8, 4) is 0 Å². The summed E-state index contributed by atoms with van der Waals surface area (Å²) in [7, 11) is 0. The Balaban J connectivity index is 1.76. The molecule has 0 saturated carbocycles. The molecule has 2 rings (SSSR count). The van der Waals surface area contributed by atoms with Crippen LogP contribution in [0.4, 0.5) is 0 Å². The minimum Gasteiger partial charge on any atom is -0.480 e. The van der Waals surface area contributed by atoms with E-state index in [4.69, 9.17) is 5.11 Å². The number of thiophene rings is 1. The molecule has 0 spiro atoms. The van der Waals surface area contributed by atoms with Gasteiger partial charge in [0, 0.05) is 28.9 Å². The number of carbonyl (C=O) groups excluding carboxylic acids is 1. The lowest BCUT2D eigenvalue weighted by Crippen LogP contribution is -2.43. The number of hydrogen-bond acceptors (Lipinski definition) is 5. The smallest absolute Gasteiger partial charge is 0.326 e. The topological polar surface area (TPSA) is 95.1 Å². The van der Waals surface area contributed by atoms with Gasteiger partial charge in [-0.3, -0.25) is 4.79 Å². The number of rotatable bonds is 8. The maximum Gasteiger partial charge on any atom is 0.326 e. The Morgan fingerprint density at radius 1 is 1.52 bits per heavy atom. The predicted octanol–water partition coefficient (Wildman–Crippen LogP) is 1.52. The summed E-state index contributed by atoms with van der Waals surface area (Å²) < 4.78 is 0. The molecule has 0 aliphatic heterocycles. The molecule has 0 aliphatic rings. The predicted molar refractivity (Wildman–Crippen MR) is 82.3 cm³/mol. The molecule has 112 valence electrons. The van der Waals surface area contributed by atoms with Crippen LogP contribution in [0.1, 0.15) is 10.6 Å². The van der Waals surface area contributed by atoms with Gasteiger partial charge in [-0.1, -0.05) is 6.07 Å². The van der Waals surface area contributed by atoms with E-state index in [9.17, 15) is 9.59 Å². The first-order valence-electron chi connectivity index (χ1n) is 6.24. The zero-order chi connectivity index (χ0) is 15.1. The molecule has 6 nitrogen and oxygen atoms in total. The highest BCUT2D eigenvalue weighted by Gasteiger charge is 2.20. The molecule has 2 aromatic rings. The molecule has 0 bridgehead atoms. The van der Waals surface area contributed by atoms with Gasteiger partial charge in [-0.25, -0.2) is 9.78 Å². The Morgan fingerprint density at radius 2 is 2.38 bits per heavy atom. The van der Waals surface area contributed by atoms with Crippen molar-refractivity contribution < 1.29 is 14.7 Å². The number of aromatic nitrogens is 2. The minimum absolute atomic E-state index is 0.191. The van der Waals surface area contributed by atoms with Gasteiger partial charge in [-0.05, 0) is 11.4 Å². The quantitative estimate of drug-likeness (QED) is 0.684. The Kier molecular flexibility index (Phi) is 5.82. The number of nitrogens with zero attached hydrogens (tertiary/aromatic N) is 1. The van der Waals surface area contributed by atoms with E-state index in [0.29, 0.717) is 5.69 Å². The van der Waals surface area contributed by atoms with Crippen LogP contribution in [0.3, 0.4) is 0 Å². The lowest BCUT2D eigenvalue weighted by atomic mass is 10.1. The highest BCUT2D eigenvalue weighted by Crippen LogP contribution is 2.16. The first kappa shape index (κ1) is 15.6. The van der Waals surface area contributed by atoms with Crippen molar-refractivity contribution in [2.24, 2.45) is 0 Å². The molecule has 1 amide bonds. The summed E-state index contributed by atoms with van der Waals surface area (Å²) in [4.78, 5) is 30.8. The van der Waals surface area contributed by atoms with Crippen LogP contribution in [0, 0.1) is 0 Å². The largest absolute Gasteiger partial charge is 0.480 e. The fourth-order valence-corrected chi connectivity index (χ4v) is 3.37. The second kappa shape index (κ2) is 7.84. The third kappa shape index (κ3) is 5.24. The molecule has 8 heteroatoms. The first-order chi connectivity index (χ1) is 10.1. The van der Waals surface area contributed by atoms with Crippen molar-refractivity contribution in [1.82, 2.24) is 15.3 Å². The summed E-state index contributed by atoms with van der Waals surface area (Å²) in [5.74, 6) is -0.335. The summed E-state index contributed by atoms with van der Waals surface area (Å²) in [6.45, 7) is 0. The lowest BCUT2D eigenvalue weighted by molar-refractivity contribution is -0.141. The summed E-state index contributed by atoms with van der Waals surface area (Å²) >= 11 is 3.10. The van der Waals surface area contributed by atoms with Crippen molar-refractivity contribution in [3.63, 3.8) is 0 Å². The van der Waals surface area contributed by atoms with Crippen molar-refractivity contribution in [2.75, 3.05) is 5.75 Å². The third-order valence-electron chi connectivity index (χ3n) is 2.67. The van der Waals surface area contributed by atoms with E-state index in [1.807, 2.05) is 17.5 Å². The molecule has 0 saturated heterocycles. The molecule has 2 heterocycles. The number of carboxylic acids is 1. The van der Waals surface area contributed by atoms with Crippen LogP contribution >= 0.6 is 23.1 Å². The number of hydrogen-bond donors (Lipinski definition) is 3. The molecule has 0 radical (unpaired) electrons. The van der Waals surface area contributed by atoms with Gasteiger partial charge in [-0.15, -0.1) is 23.1 Å². The van der Waals surface area contributed by atoms with Crippen LogP contribution in [0.5, 0.6) is 0 Å². The maximum atomic E-state index is 11.8. The number of amides is 1. The van der Waals surface area contributed by atoms with Gasteiger partial charge in [0.05, 0.1) is 12.1 Å². The standard InChI is InChI=1S/C13H15N3O3S2/c17-12(7-20-6-10-2-1-3-21-10)16-11(13(18)19)4-9-5-14-8-15-9/h1-3,5,8,11H,4,6-7H2,(H,14,15)(H,16,17)(H,18,19)/t11-/m1/s1. The van der Waals surface area contributed by atoms with Gasteiger partial charge in [0.15, 0.2) is 0 Å². The number of nitrogens with one attached hydrogen (secondary N) is 2. The van der Waals surface area contributed by atoms with Gasteiger partial charge in [0.25, 0.3) is 0 Å². The summed E-state index contributed by atoms with van der Waals surface area (Å²) in [6.07, 6.45) is 3.22. The molecule has 0 fully saturated rings. The summed E-state index contributed by atoms with van der Waals surface area (Å²) in [5, 5.41) is 13.7. The van der Waals surface area contributed by atoms with Crippen molar-refractivity contribution in [1.29, 1.82) is 0 Å². The van der Waals surface area contributed by atoms with Gasteiger partial charge in [-0.2, -0.15) is 0 Å². The lowest BCUT2D eigenvalue weighted by Gasteiger charge is -2.13. The first-order valence-corrected chi connectivity index (χ1v) is 8.28. The molecule has 0 unspecified atom stereocenters. The van der Waals surface area contributed by atoms with Gasteiger partial charge >= 0.3 is 5.97 Å². The molecular formula is C13H15N3O3S2. The average Bonchev–Trinajstić information content (AvgIpc) is 3.10. The van der Waals surface area contributed by atoms with E-state index in [1.165, 1.54) is 23.0 Å². The van der Waals surface area contributed by atoms with Crippen molar-refractivity contribution >= 4 is 35.0 Å². The van der Waals surface area contributed by atoms with Crippen molar-refractivity contribution in [3.05, 3.63) is 40.6 Å². The molecule has 1 atom stereocenters. The molecule has 2 aromatic heterocycles. The Labute approximate surface area is 130 Å². The minimum atomic E-state index is -1.05. The number of H-pyrrole nitrogens is 1. The van der Waals surface area contributed by atoms with Gasteiger partial charge in [0.2, 0.25) is 5.91 Å². The van der Waals surface area contributed by atoms with Crippen molar-refractivity contribution in [2.45, 2.75) is 18.2 Å². The second-order valence-electron chi connectivity index (χ2n) is 4.31. The monoisotopic (exact) mass is 325 g/mol. The van der Waals surface area contributed by atoms with E-state index in [0.717, 1.165) is 5.75 Å². The Morgan fingerprint density at radius 3 is 3.00 bits per heavy atom. The average molecular weight is 325 g/mol. The zero-order valence-corrected chi connectivity index (χ0v) is 12.7. The highest BCUT2D eigenvalue weighted by atomic mass is 32.2. The normalized spacial score (nSPS) is 12.0. The molecule has 3 N–H and O–H groups in total. The van der Waals surface area contributed by atoms with Crippen LogP contribution in [0.2, 0.25) is 0 Å². The highest BCUT2D eigenvalue weighted by molar-refractivity contribution is 7.99. The van der Waals surface area contributed by atoms with Gasteiger partial charge < -0.3 is 15.4 Å². The third-order valence-corrected chi connectivity index (χ3v) is 4.71. The van der Waals surface area contributed by atoms with E-state index in [-0.39, 0.29) is 18.1 Å². The number of carboxylic acid groups (broad SMARTS) is 1. The Hall–Kier alpha value is -1.80. The van der Waals surface area contributed by atoms with Crippen LogP contribution in [-0.4, -0.2) is 38.7 Å². The molecule has 0 aliphatic carbocycles. The molecule has 21 heavy (non-hydrogen) atoms. The summed E-state index contributed by atoms with van der Waals surface area (Å²) in [6, 6.07) is 3.03. The number of aromatic amines is 1. The van der Waals surface area contributed by atoms with Crippen LogP contribution in [0.15, 0.2) is 30.0 Å². The maximum absolute atomic E-state index is 11.8. The molecular weight excluding hydrogens is 310 g/mol. The summed E-state index contributed by atoms with van der Waals surface area (Å²) in [5.41, 5.74) is 0.675. The Bertz CT molecular complexity index is 570. The van der Waals surface area contributed by atoms with E-state index >= 15 is 0 Å². The number of thioether (sulfide) groups is 1. The number of aliphatic carboxylic acids is 1. The fourth-order valence-electron chi connectivity index (χ4n) is 1.69. The second-order valence-corrected chi connectivity index (χ2v) is 6.33. The number of carbonyl (C=O) groups is 2. The van der Waals surface area contributed by atoms with E-state index < -0.39 is 12.0 Å². The number of imidazole rings is 1. The van der Waals surface area contributed by atoms with E-state index in [2.05, 4.69) is 15.3 Å².